The Morgan fingerprint density at radius 1 is 0.983 bits per heavy atom. The number of dihydropyridines is 1. The molecule has 11 unspecified atom stereocenters. The third kappa shape index (κ3) is 4.70. The highest BCUT2D eigenvalue weighted by molar-refractivity contribution is 6.43. The van der Waals surface area contributed by atoms with E-state index in [1.54, 1.807) is 33.2 Å². The van der Waals surface area contributed by atoms with E-state index in [9.17, 15) is 0 Å². The standard InChI is InChI=1S/C52H62N4OSi/c1-8-51-29-39(52(51,9-2)55-30-44(58-7)34(26-31(4)5)28-43(55)35-20-14-15-21-38(35)51)47-37-27-32(6)45-36-24-25-40(33-18-12-11-13-19-33)53-49(36)57-48(45)46(37)50-54(10-3)41-22-16-17-23-42(41)56(47)50/h11-16,18-22,24-25,27,29-32,34,40,43,45-48,50,53H,8-10,17,23,26,28H2,1-7H3. The van der Waals surface area contributed by atoms with Crippen molar-refractivity contribution in [1.82, 2.24) is 20.0 Å². The van der Waals surface area contributed by atoms with Gasteiger partial charge in [-0.1, -0.05) is 131 Å². The van der Waals surface area contributed by atoms with E-state index < -0.39 is 0 Å². The van der Waals surface area contributed by atoms with Crippen LogP contribution in [0.1, 0.15) is 109 Å². The van der Waals surface area contributed by atoms with Crippen LogP contribution in [0.4, 0.5) is 0 Å². The van der Waals surface area contributed by atoms with Gasteiger partial charge in [-0.25, -0.2) is 0 Å². The smallest absolute Gasteiger partial charge is 0.191 e. The van der Waals surface area contributed by atoms with Gasteiger partial charge in [-0.05, 0) is 103 Å². The van der Waals surface area contributed by atoms with Crippen LogP contribution in [0, 0.1) is 29.6 Å². The number of hydrogen-bond donors (Lipinski definition) is 1. The molecule has 3 aliphatic carbocycles. The summed E-state index contributed by atoms with van der Waals surface area (Å²) >= 11 is 0. The minimum atomic E-state index is -0.106. The SMILES string of the molecule is CCN1C2=C(CCC=C2)N2C(C3=CC4(CC)c5ccccc5C5CC(CC(C)C)C([Si]C)=CN5C34CC)C3=CC(C)C4C5=C(NC(c6ccccc6)C=C5)OC4C3C12. The van der Waals surface area contributed by atoms with E-state index in [2.05, 4.69) is 165 Å². The largest absolute Gasteiger partial charge is 0.474 e. The van der Waals surface area contributed by atoms with Crippen molar-refractivity contribution < 1.29 is 4.74 Å². The summed E-state index contributed by atoms with van der Waals surface area (Å²) in [6, 6.07) is 21.2. The van der Waals surface area contributed by atoms with Gasteiger partial charge in [0.15, 0.2) is 5.88 Å². The number of hydrogen-bond acceptors (Lipinski definition) is 5. The molecule has 0 amide bonds. The van der Waals surface area contributed by atoms with Crippen LogP contribution in [0.2, 0.25) is 6.55 Å². The average molecular weight is 787 g/mol. The van der Waals surface area contributed by atoms with Gasteiger partial charge in [0.05, 0.1) is 44.8 Å². The molecule has 58 heavy (non-hydrogen) atoms. The van der Waals surface area contributed by atoms with Gasteiger partial charge in [-0.15, -0.1) is 0 Å². The number of nitrogens with one attached hydrogen (secondary N) is 1. The molecule has 0 saturated carbocycles. The molecule has 1 N–H and O–H groups in total. The lowest BCUT2D eigenvalue weighted by molar-refractivity contribution is -0.0127. The van der Waals surface area contributed by atoms with Crippen LogP contribution in [0.5, 0.6) is 0 Å². The molecule has 9 aliphatic rings. The van der Waals surface area contributed by atoms with Crippen molar-refractivity contribution in [3.63, 3.8) is 0 Å². The molecule has 6 heterocycles. The van der Waals surface area contributed by atoms with E-state index in [4.69, 9.17) is 4.74 Å². The van der Waals surface area contributed by atoms with Gasteiger partial charge < -0.3 is 24.8 Å². The van der Waals surface area contributed by atoms with Gasteiger partial charge in [0.2, 0.25) is 0 Å². The van der Waals surface area contributed by atoms with E-state index in [-0.39, 0.29) is 41.2 Å². The van der Waals surface area contributed by atoms with Crippen LogP contribution in [0.25, 0.3) is 0 Å². The quantitative estimate of drug-likeness (QED) is 0.213. The Labute approximate surface area is 350 Å². The molecule has 1 fully saturated rings. The molecule has 2 radical (unpaired) electrons. The highest BCUT2D eigenvalue weighted by Gasteiger charge is 2.71. The van der Waals surface area contributed by atoms with E-state index >= 15 is 0 Å². The first-order chi connectivity index (χ1) is 28.3. The van der Waals surface area contributed by atoms with E-state index in [0.29, 0.717) is 29.7 Å². The molecule has 1 saturated heterocycles. The second kappa shape index (κ2) is 13.4. The van der Waals surface area contributed by atoms with Gasteiger partial charge in [0.1, 0.15) is 12.3 Å². The average Bonchev–Trinajstić information content (AvgIpc) is 3.89. The predicted molar refractivity (Wildman–Crippen MR) is 236 cm³/mol. The van der Waals surface area contributed by atoms with Crippen molar-refractivity contribution in [2.75, 3.05) is 6.54 Å². The minimum Gasteiger partial charge on any atom is -0.474 e. The second-order valence-electron chi connectivity index (χ2n) is 19.2. The van der Waals surface area contributed by atoms with Crippen LogP contribution in [-0.4, -0.2) is 54.6 Å². The second-order valence-corrected chi connectivity index (χ2v) is 20.2. The summed E-state index contributed by atoms with van der Waals surface area (Å²) in [4.78, 5) is 8.73. The third-order valence-electron chi connectivity index (χ3n) is 16.3. The van der Waals surface area contributed by atoms with Crippen molar-refractivity contribution in [3.05, 3.63) is 153 Å². The predicted octanol–water partition coefficient (Wildman–Crippen LogP) is 10.7. The molecule has 11 atom stereocenters. The Hall–Kier alpha value is -4.16. The number of fused-ring (bicyclic) bond motifs is 13. The summed E-state index contributed by atoms with van der Waals surface area (Å²) in [6.07, 6.45) is 25.2. The lowest BCUT2D eigenvalue weighted by atomic mass is 9.45. The summed E-state index contributed by atoms with van der Waals surface area (Å²) in [5.41, 5.74) is 12.0. The highest BCUT2D eigenvalue weighted by atomic mass is 28.2. The van der Waals surface area contributed by atoms with Crippen LogP contribution < -0.4 is 5.32 Å². The van der Waals surface area contributed by atoms with Gasteiger partial charge >= 0.3 is 0 Å². The van der Waals surface area contributed by atoms with Crippen LogP contribution in [0.3, 0.4) is 0 Å². The van der Waals surface area contributed by atoms with E-state index in [1.165, 1.54) is 29.7 Å². The maximum atomic E-state index is 7.39. The van der Waals surface area contributed by atoms with Gasteiger partial charge in [-0.3, -0.25) is 0 Å². The summed E-state index contributed by atoms with van der Waals surface area (Å²) in [7, 11) is 0.835. The van der Waals surface area contributed by atoms with Gasteiger partial charge in [0, 0.05) is 29.1 Å². The fourth-order valence-electron chi connectivity index (χ4n) is 14.2. The first-order valence-electron chi connectivity index (χ1n) is 22.9. The first kappa shape index (κ1) is 36.9. The maximum absolute atomic E-state index is 7.39. The molecule has 300 valence electrons. The molecular weight excluding hydrogens is 725 g/mol. The zero-order valence-corrected chi connectivity index (χ0v) is 36.7. The summed E-state index contributed by atoms with van der Waals surface area (Å²) < 4.78 is 7.39. The van der Waals surface area contributed by atoms with E-state index in [1.807, 2.05) is 0 Å². The fraction of sp³-hybridized carbons (Fsp3) is 0.500. The third-order valence-corrected chi connectivity index (χ3v) is 17.4. The Morgan fingerprint density at radius 3 is 2.55 bits per heavy atom. The van der Waals surface area contributed by atoms with E-state index in [0.717, 1.165) is 47.6 Å². The minimum absolute atomic E-state index is 0.0377. The summed E-state index contributed by atoms with van der Waals surface area (Å²) in [5.74, 6) is 3.30. The van der Waals surface area contributed by atoms with Crippen molar-refractivity contribution in [2.45, 2.75) is 128 Å². The number of likely N-dealkylation sites (N-methyl/N-ethyl adjacent to an activating group) is 1. The van der Waals surface area contributed by atoms with Crippen LogP contribution in [0.15, 0.2) is 136 Å². The number of nitrogens with zero attached hydrogens (tertiary/aromatic N) is 3. The fourth-order valence-corrected chi connectivity index (χ4v) is 15.1. The lowest BCUT2D eigenvalue weighted by Gasteiger charge is -2.70. The number of allylic oxidation sites excluding steroid dienone is 6. The first-order valence-corrected chi connectivity index (χ1v) is 24.4. The number of rotatable bonds is 8. The molecule has 2 aromatic rings. The molecule has 0 bridgehead atoms. The van der Waals surface area contributed by atoms with Crippen LogP contribution >= 0.6 is 0 Å². The zero-order valence-electron chi connectivity index (χ0n) is 35.7. The highest BCUT2D eigenvalue weighted by Crippen LogP contribution is 2.69. The Kier molecular flexibility index (Phi) is 8.54. The summed E-state index contributed by atoms with van der Waals surface area (Å²) in [5, 5.41) is 5.57. The Balaban J connectivity index is 1.07. The lowest BCUT2D eigenvalue weighted by Crippen LogP contribution is -2.72. The maximum Gasteiger partial charge on any atom is 0.191 e. The molecule has 0 aromatic heterocycles. The Bertz CT molecular complexity index is 2250. The van der Waals surface area contributed by atoms with Gasteiger partial charge in [0.25, 0.3) is 0 Å². The normalized spacial score (nSPS) is 37.3. The molecule has 2 aromatic carbocycles. The summed E-state index contributed by atoms with van der Waals surface area (Å²) in [6.45, 7) is 18.1. The van der Waals surface area contributed by atoms with Crippen molar-refractivity contribution in [3.8, 4) is 0 Å². The molecule has 6 heteroatoms. The number of benzene rings is 2. The Morgan fingerprint density at radius 2 is 1.79 bits per heavy atom. The monoisotopic (exact) mass is 786 g/mol. The zero-order chi connectivity index (χ0) is 39.7. The van der Waals surface area contributed by atoms with Crippen molar-refractivity contribution in [2.24, 2.45) is 29.6 Å². The molecule has 0 spiro atoms. The van der Waals surface area contributed by atoms with Crippen molar-refractivity contribution >= 4 is 9.52 Å². The van der Waals surface area contributed by atoms with Crippen LogP contribution in [-0.2, 0) is 10.2 Å². The molecule has 11 rings (SSSR count). The topological polar surface area (TPSA) is 31.0 Å². The molecular formula is C52H62N4OSi. The van der Waals surface area contributed by atoms with Gasteiger partial charge in [-0.2, -0.15) is 0 Å². The molecule has 5 nitrogen and oxygen atoms in total. The molecule has 6 aliphatic heterocycles. The van der Waals surface area contributed by atoms with Crippen molar-refractivity contribution in [1.29, 1.82) is 0 Å². The number of ether oxygens (including phenoxy) is 1.